The van der Waals surface area contributed by atoms with Gasteiger partial charge in [-0.15, -0.1) is 6.58 Å². The van der Waals surface area contributed by atoms with Gasteiger partial charge in [-0.05, 0) is 49.6 Å². The molecular formula is C10H15ClO. The van der Waals surface area contributed by atoms with Crippen LogP contribution in [0.5, 0.6) is 0 Å². The number of hydrogen-bond donors (Lipinski definition) is 0. The summed E-state index contributed by atoms with van der Waals surface area (Å²) in [7, 11) is 0. The standard InChI is InChI=1S/C10H15ClO/c1-2-3-8-4-6-9(7-5-8)10(11)12/h2,8-9H,1,3-7H2. The second-order valence-electron chi connectivity index (χ2n) is 3.55. The van der Waals surface area contributed by atoms with E-state index in [1.165, 1.54) is 0 Å². The minimum Gasteiger partial charge on any atom is -0.281 e. The molecule has 0 radical (unpaired) electrons. The molecule has 0 bridgehead atoms. The highest BCUT2D eigenvalue weighted by molar-refractivity contribution is 6.63. The Bertz CT molecular complexity index is 169. The molecule has 1 nitrogen and oxygen atoms in total. The van der Waals surface area contributed by atoms with E-state index < -0.39 is 0 Å². The Morgan fingerprint density at radius 3 is 2.42 bits per heavy atom. The lowest BCUT2D eigenvalue weighted by Crippen LogP contribution is -2.18. The molecule has 2 heteroatoms. The smallest absolute Gasteiger partial charge is 0.224 e. The van der Waals surface area contributed by atoms with Crippen molar-refractivity contribution in [3.05, 3.63) is 12.7 Å². The lowest BCUT2D eigenvalue weighted by molar-refractivity contribution is -0.116. The first-order chi connectivity index (χ1) is 5.74. The topological polar surface area (TPSA) is 17.1 Å². The Hall–Kier alpha value is -0.300. The molecule has 1 aliphatic carbocycles. The SMILES string of the molecule is C=CCC1CCC(C(=O)Cl)CC1. The molecule has 0 N–H and O–H groups in total. The van der Waals surface area contributed by atoms with Crippen molar-refractivity contribution in [2.24, 2.45) is 11.8 Å². The molecule has 0 unspecified atom stereocenters. The molecular weight excluding hydrogens is 172 g/mol. The van der Waals surface area contributed by atoms with Gasteiger partial charge in [0.15, 0.2) is 0 Å². The fourth-order valence-electron chi connectivity index (χ4n) is 1.86. The Morgan fingerprint density at radius 1 is 1.42 bits per heavy atom. The Labute approximate surface area is 78.8 Å². The molecule has 68 valence electrons. The van der Waals surface area contributed by atoms with Crippen LogP contribution in [0.2, 0.25) is 0 Å². The summed E-state index contributed by atoms with van der Waals surface area (Å²) in [6.07, 6.45) is 7.27. The fraction of sp³-hybridized carbons (Fsp3) is 0.700. The van der Waals surface area contributed by atoms with E-state index in [2.05, 4.69) is 6.58 Å². The van der Waals surface area contributed by atoms with Crippen LogP contribution in [-0.2, 0) is 4.79 Å². The molecule has 0 amide bonds. The highest BCUT2D eigenvalue weighted by Crippen LogP contribution is 2.31. The highest BCUT2D eigenvalue weighted by Gasteiger charge is 2.24. The molecule has 0 spiro atoms. The van der Waals surface area contributed by atoms with E-state index in [9.17, 15) is 4.79 Å². The minimum atomic E-state index is -0.146. The molecule has 0 aromatic carbocycles. The third-order valence-corrected chi connectivity index (χ3v) is 2.98. The first-order valence-corrected chi connectivity index (χ1v) is 4.92. The Balaban J connectivity index is 2.29. The van der Waals surface area contributed by atoms with E-state index in [1.54, 1.807) is 0 Å². The van der Waals surface area contributed by atoms with Crippen molar-refractivity contribution in [1.29, 1.82) is 0 Å². The van der Waals surface area contributed by atoms with Crippen LogP contribution in [0.1, 0.15) is 32.1 Å². The molecule has 1 saturated carbocycles. The van der Waals surface area contributed by atoms with Gasteiger partial charge in [0.2, 0.25) is 5.24 Å². The van der Waals surface area contributed by atoms with E-state index in [1.807, 2.05) is 6.08 Å². The van der Waals surface area contributed by atoms with Crippen LogP contribution in [0.3, 0.4) is 0 Å². The van der Waals surface area contributed by atoms with E-state index in [0.717, 1.165) is 38.0 Å². The molecule has 1 aliphatic rings. The van der Waals surface area contributed by atoms with Gasteiger partial charge in [-0.1, -0.05) is 6.08 Å². The zero-order chi connectivity index (χ0) is 8.97. The predicted molar refractivity (Wildman–Crippen MR) is 51.1 cm³/mol. The third-order valence-electron chi connectivity index (χ3n) is 2.67. The molecule has 0 heterocycles. The van der Waals surface area contributed by atoms with Gasteiger partial charge < -0.3 is 0 Å². The average Bonchev–Trinajstić information content (AvgIpc) is 2.06. The quantitative estimate of drug-likeness (QED) is 0.489. The van der Waals surface area contributed by atoms with Crippen LogP contribution >= 0.6 is 11.6 Å². The van der Waals surface area contributed by atoms with Crippen LogP contribution in [0.4, 0.5) is 0 Å². The molecule has 1 rings (SSSR count). The summed E-state index contributed by atoms with van der Waals surface area (Å²) in [6, 6.07) is 0. The van der Waals surface area contributed by atoms with Crippen molar-refractivity contribution in [1.82, 2.24) is 0 Å². The van der Waals surface area contributed by atoms with E-state index in [4.69, 9.17) is 11.6 Å². The molecule has 1 fully saturated rings. The first kappa shape index (κ1) is 9.79. The minimum absolute atomic E-state index is 0.132. The summed E-state index contributed by atoms with van der Waals surface area (Å²) >= 11 is 5.42. The van der Waals surface area contributed by atoms with Crippen molar-refractivity contribution < 1.29 is 4.79 Å². The highest BCUT2D eigenvalue weighted by atomic mass is 35.5. The number of halogens is 1. The maximum absolute atomic E-state index is 10.8. The maximum Gasteiger partial charge on any atom is 0.224 e. The number of carbonyl (C=O) groups is 1. The largest absolute Gasteiger partial charge is 0.281 e. The van der Waals surface area contributed by atoms with Crippen LogP contribution in [0.25, 0.3) is 0 Å². The first-order valence-electron chi connectivity index (χ1n) is 4.54. The van der Waals surface area contributed by atoms with E-state index in [-0.39, 0.29) is 11.2 Å². The number of carbonyl (C=O) groups excluding carboxylic acids is 1. The van der Waals surface area contributed by atoms with Gasteiger partial charge in [-0.25, -0.2) is 0 Å². The summed E-state index contributed by atoms with van der Waals surface area (Å²) in [5, 5.41) is -0.146. The molecule has 0 aromatic rings. The van der Waals surface area contributed by atoms with Crippen molar-refractivity contribution in [2.45, 2.75) is 32.1 Å². The molecule has 12 heavy (non-hydrogen) atoms. The molecule has 0 atom stereocenters. The predicted octanol–water partition coefficient (Wildman–Crippen LogP) is 3.13. The third kappa shape index (κ3) is 2.63. The number of hydrogen-bond acceptors (Lipinski definition) is 1. The van der Waals surface area contributed by atoms with Gasteiger partial charge in [0.25, 0.3) is 0 Å². The zero-order valence-corrected chi connectivity index (χ0v) is 8.02. The van der Waals surface area contributed by atoms with Crippen LogP contribution in [0.15, 0.2) is 12.7 Å². The van der Waals surface area contributed by atoms with Crippen molar-refractivity contribution in [3.63, 3.8) is 0 Å². The normalized spacial score (nSPS) is 29.8. The summed E-state index contributed by atoms with van der Waals surface area (Å²) < 4.78 is 0. The van der Waals surface area contributed by atoms with Crippen molar-refractivity contribution in [2.75, 3.05) is 0 Å². The molecule has 0 aromatic heterocycles. The monoisotopic (exact) mass is 186 g/mol. The van der Waals surface area contributed by atoms with Gasteiger partial charge in [0.05, 0.1) is 0 Å². The maximum atomic E-state index is 10.8. The van der Waals surface area contributed by atoms with Gasteiger partial charge in [-0.2, -0.15) is 0 Å². The molecule has 0 aliphatic heterocycles. The zero-order valence-electron chi connectivity index (χ0n) is 7.26. The van der Waals surface area contributed by atoms with Crippen LogP contribution in [0, 0.1) is 11.8 Å². The van der Waals surface area contributed by atoms with Crippen LogP contribution < -0.4 is 0 Å². The fourth-order valence-corrected chi connectivity index (χ4v) is 2.08. The number of allylic oxidation sites excluding steroid dienone is 1. The van der Waals surface area contributed by atoms with Crippen molar-refractivity contribution in [3.8, 4) is 0 Å². The second kappa shape index (κ2) is 4.66. The van der Waals surface area contributed by atoms with Crippen molar-refractivity contribution >= 4 is 16.8 Å². The van der Waals surface area contributed by atoms with Gasteiger partial charge in [-0.3, -0.25) is 4.79 Å². The Kier molecular flexibility index (Phi) is 3.80. The van der Waals surface area contributed by atoms with Gasteiger partial charge in [0, 0.05) is 5.92 Å². The van der Waals surface area contributed by atoms with Crippen LogP contribution in [-0.4, -0.2) is 5.24 Å². The summed E-state index contributed by atoms with van der Waals surface area (Å²) in [6.45, 7) is 3.72. The van der Waals surface area contributed by atoms with E-state index in [0.29, 0.717) is 0 Å². The lowest BCUT2D eigenvalue weighted by atomic mass is 9.81. The average molecular weight is 187 g/mol. The number of rotatable bonds is 3. The lowest BCUT2D eigenvalue weighted by Gasteiger charge is -2.25. The van der Waals surface area contributed by atoms with Gasteiger partial charge in [0.1, 0.15) is 0 Å². The summed E-state index contributed by atoms with van der Waals surface area (Å²) in [5.41, 5.74) is 0. The second-order valence-corrected chi connectivity index (χ2v) is 3.92. The van der Waals surface area contributed by atoms with E-state index >= 15 is 0 Å². The summed E-state index contributed by atoms with van der Waals surface area (Å²) in [4.78, 5) is 10.8. The Morgan fingerprint density at radius 2 is 2.00 bits per heavy atom. The summed E-state index contributed by atoms with van der Waals surface area (Å²) in [5.74, 6) is 0.877. The molecule has 0 saturated heterocycles. The van der Waals surface area contributed by atoms with Gasteiger partial charge >= 0.3 is 0 Å².